The third-order valence-electron chi connectivity index (χ3n) is 5.95. The summed E-state index contributed by atoms with van der Waals surface area (Å²) in [4.78, 5) is 11.7. The first-order valence-corrected chi connectivity index (χ1v) is 12.5. The fourth-order valence-corrected chi connectivity index (χ4v) is 3.84. The van der Waals surface area contributed by atoms with E-state index in [1.807, 2.05) is 0 Å². The summed E-state index contributed by atoms with van der Waals surface area (Å²) in [6, 6.07) is 0. The third kappa shape index (κ3) is 18.6. The smallest absolute Gasteiger partial charge is 0.305 e. The third-order valence-corrected chi connectivity index (χ3v) is 5.95. The zero-order chi connectivity index (χ0) is 19.4. The van der Waals surface area contributed by atoms with Gasteiger partial charge in [0.15, 0.2) is 0 Å². The molecule has 0 aromatic heterocycles. The Kier molecular flexibility index (Phi) is 17.1. The molecule has 0 aliphatic heterocycles. The Morgan fingerprint density at radius 3 is 1.67 bits per heavy atom. The molecule has 1 aliphatic carbocycles. The Labute approximate surface area is 170 Å². The van der Waals surface area contributed by atoms with E-state index in [0.717, 1.165) is 18.8 Å². The van der Waals surface area contributed by atoms with Crippen LogP contribution in [0.15, 0.2) is 0 Å². The second-order valence-corrected chi connectivity index (χ2v) is 8.86. The summed E-state index contributed by atoms with van der Waals surface area (Å²) in [5.74, 6) is 1.06. The summed E-state index contributed by atoms with van der Waals surface area (Å²) in [7, 11) is 0. The van der Waals surface area contributed by atoms with E-state index in [2.05, 4.69) is 6.92 Å². The minimum Gasteiger partial charge on any atom is -0.466 e. The van der Waals surface area contributed by atoms with Crippen LogP contribution in [0, 0.1) is 5.92 Å². The number of carbonyl (C=O) groups is 1. The summed E-state index contributed by atoms with van der Waals surface area (Å²) in [6.07, 6.45) is 27.5. The molecule has 0 bridgehead atoms. The fourth-order valence-electron chi connectivity index (χ4n) is 3.84. The van der Waals surface area contributed by atoms with E-state index in [1.54, 1.807) is 0 Å². The van der Waals surface area contributed by atoms with Crippen LogP contribution in [-0.4, -0.2) is 12.6 Å². The van der Waals surface area contributed by atoms with Crippen LogP contribution in [0.25, 0.3) is 0 Å². The molecule has 0 N–H and O–H groups in total. The molecule has 2 heteroatoms. The van der Waals surface area contributed by atoms with Gasteiger partial charge in [-0.3, -0.25) is 4.79 Å². The summed E-state index contributed by atoms with van der Waals surface area (Å²) >= 11 is 0. The van der Waals surface area contributed by atoms with Crippen molar-refractivity contribution in [3.63, 3.8) is 0 Å². The first kappa shape index (κ1) is 24.5. The van der Waals surface area contributed by atoms with Gasteiger partial charge in [0.25, 0.3) is 0 Å². The predicted octanol–water partition coefficient (Wildman–Crippen LogP) is 8.37. The van der Waals surface area contributed by atoms with Gasteiger partial charge in [-0.25, -0.2) is 0 Å². The van der Waals surface area contributed by atoms with Gasteiger partial charge in [-0.05, 0) is 18.8 Å². The normalized spacial score (nSPS) is 13.8. The molecule has 0 unspecified atom stereocenters. The van der Waals surface area contributed by atoms with Crippen molar-refractivity contribution in [1.29, 1.82) is 0 Å². The Bertz CT molecular complexity index is 322. The summed E-state index contributed by atoms with van der Waals surface area (Å²) < 4.78 is 5.34. The van der Waals surface area contributed by atoms with Crippen molar-refractivity contribution in [2.75, 3.05) is 6.61 Å². The molecule has 1 aliphatic rings. The van der Waals surface area contributed by atoms with Crippen LogP contribution in [-0.2, 0) is 9.53 Å². The van der Waals surface area contributed by atoms with E-state index < -0.39 is 0 Å². The average Bonchev–Trinajstić information content (AvgIpc) is 3.49. The topological polar surface area (TPSA) is 26.3 Å². The lowest BCUT2D eigenvalue weighted by atomic mass is 10.0. The van der Waals surface area contributed by atoms with Crippen LogP contribution >= 0.6 is 0 Å². The number of esters is 1. The predicted molar refractivity (Wildman–Crippen MR) is 117 cm³/mol. The molecular weight excluding hydrogens is 332 g/mol. The van der Waals surface area contributed by atoms with Crippen LogP contribution in [0.2, 0.25) is 0 Å². The number of ether oxygens (including phenoxy) is 1. The lowest BCUT2D eigenvalue weighted by Gasteiger charge is -2.05. The van der Waals surface area contributed by atoms with Gasteiger partial charge in [0.1, 0.15) is 0 Å². The average molecular weight is 381 g/mol. The molecular formula is C25H48O2. The monoisotopic (exact) mass is 380 g/mol. The fraction of sp³-hybridized carbons (Fsp3) is 0.960. The van der Waals surface area contributed by atoms with Crippen LogP contribution in [0.1, 0.15) is 142 Å². The van der Waals surface area contributed by atoms with Crippen molar-refractivity contribution in [1.82, 2.24) is 0 Å². The number of hydrogen-bond acceptors (Lipinski definition) is 2. The van der Waals surface area contributed by atoms with Gasteiger partial charge in [0.2, 0.25) is 0 Å². The van der Waals surface area contributed by atoms with Gasteiger partial charge in [-0.2, -0.15) is 0 Å². The highest BCUT2D eigenvalue weighted by Crippen LogP contribution is 2.33. The van der Waals surface area contributed by atoms with Gasteiger partial charge in [-0.15, -0.1) is 0 Å². The second kappa shape index (κ2) is 18.8. The van der Waals surface area contributed by atoms with Crippen molar-refractivity contribution in [3.05, 3.63) is 0 Å². The van der Waals surface area contributed by atoms with Crippen LogP contribution in [0.3, 0.4) is 0 Å². The van der Waals surface area contributed by atoms with E-state index in [9.17, 15) is 4.79 Å². The van der Waals surface area contributed by atoms with Gasteiger partial charge < -0.3 is 4.74 Å². The maximum Gasteiger partial charge on any atom is 0.305 e. The summed E-state index contributed by atoms with van der Waals surface area (Å²) in [5.41, 5.74) is 0. The molecule has 0 amide bonds. The highest BCUT2D eigenvalue weighted by molar-refractivity contribution is 5.69. The zero-order valence-electron chi connectivity index (χ0n) is 18.5. The minimum atomic E-state index is 0.0242. The van der Waals surface area contributed by atoms with Crippen molar-refractivity contribution in [3.8, 4) is 0 Å². The van der Waals surface area contributed by atoms with E-state index >= 15 is 0 Å². The summed E-state index contributed by atoms with van der Waals surface area (Å²) in [6.45, 7) is 2.92. The maximum absolute atomic E-state index is 11.7. The lowest BCUT2D eigenvalue weighted by Crippen LogP contribution is -2.05. The van der Waals surface area contributed by atoms with Gasteiger partial charge in [-0.1, -0.05) is 122 Å². The molecule has 1 rings (SSSR count). The minimum absolute atomic E-state index is 0.0242. The molecule has 0 saturated heterocycles. The number of hydrogen-bond donors (Lipinski definition) is 0. The Morgan fingerprint density at radius 2 is 1.15 bits per heavy atom. The number of unbranched alkanes of at least 4 members (excludes halogenated alkanes) is 15. The van der Waals surface area contributed by atoms with Crippen molar-refractivity contribution in [2.24, 2.45) is 5.92 Å². The molecule has 1 saturated carbocycles. The lowest BCUT2D eigenvalue weighted by molar-refractivity contribution is -0.143. The van der Waals surface area contributed by atoms with Gasteiger partial charge >= 0.3 is 5.97 Å². The molecule has 160 valence electrons. The molecule has 0 atom stereocenters. The van der Waals surface area contributed by atoms with E-state index in [1.165, 1.54) is 116 Å². The quantitative estimate of drug-likeness (QED) is 0.148. The standard InChI is InChI=1S/C25H48O2/c1-2-3-4-5-6-7-8-9-10-11-12-13-14-17-20-25(26)27-23-18-15-16-19-24-21-22-24/h24H,2-23H2,1H3. The number of carbonyl (C=O) groups excluding carboxylic acids is 1. The molecule has 0 heterocycles. The molecule has 2 nitrogen and oxygen atoms in total. The molecule has 0 aromatic carbocycles. The Hall–Kier alpha value is -0.530. The largest absolute Gasteiger partial charge is 0.466 e. The molecule has 0 spiro atoms. The van der Waals surface area contributed by atoms with Crippen LogP contribution in [0.5, 0.6) is 0 Å². The van der Waals surface area contributed by atoms with E-state index in [-0.39, 0.29) is 5.97 Å². The SMILES string of the molecule is CCCCCCCCCCCCCCCCC(=O)OCCCCCC1CC1. The van der Waals surface area contributed by atoms with Crippen molar-refractivity contribution < 1.29 is 9.53 Å². The Balaban J connectivity index is 1.67. The highest BCUT2D eigenvalue weighted by atomic mass is 16.5. The summed E-state index contributed by atoms with van der Waals surface area (Å²) in [5, 5.41) is 0. The first-order chi connectivity index (χ1) is 13.3. The van der Waals surface area contributed by atoms with Crippen molar-refractivity contribution >= 4 is 5.97 Å². The van der Waals surface area contributed by atoms with E-state index in [0.29, 0.717) is 13.0 Å². The first-order valence-electron chi connectivity index (χ1n) is 12.5. The Morgan fingerprint density at radius 1 is 0.667 bits per heavy atom. The van der Waals surface area contributed by atoms with Crippen LogP contribution < -0.4 is 0 Å². The maximum atomic E-state index is 11.7. The van der Waals surface area contributed by atoms with E-state index in [4.69, 9.17) is 4.74 Å². The molecule has 1 fully saturated rings. The highest BCUT2D eigenvalue weighted by Gasteiger charge is 2.19. The molecule has 27 heavy (non-hydrogen) atoms. The zero-order valence-corrected chi connectivity index (χ0v) is 18.5. The number of rotatable bonds is 21. The van der Waals surface area contributed by atoms with Gasteiger partial charge in [0, 0.05) is 6.42 Å². The van der Waals surface area contributed by atoms with Crippen LogP contribution in [0.4, 0.5) is 0 Å². The van der Waals surface area contributed by atoms with Gasteiger partial charge in [0.05, 0.1) is 6.61 Å². The second-order valence-electron chi connectivity index (χ2n) is 8.86. The molecule has 0 aromatic rings. The molecule has 0 radical (unpaired) electrons. The van der Waals surface area contributed by atoms with Crippen molar-refractivity contribution in [2.45, 2.75) is 142 Å².